The lowest BCUT2D eigenvalue weighted by Crippen LogP contribution is -2.41. The van der Waals surface area contributed by atoms with Crippen molar-refractivity contribution in [1.29, 1.82) is 0 Å². The van der Waals surface area contributed by atoms with Crippen LogP contribution in [0.4, 0.5) is 13.2 Å². The number of nitrogens with zero attached hydrogens (tertiary/aromatic N) is 1. The van der Waals surface area contributed by atoms with E-state index in [1.165, 1.54) is 6.92 Å². The van der Waals surface area contributed by atoms with Crippen molar-refractivity contribution in [2.24, 2.45) is 5.92 Å². The summed E-state index contributed by atoms with van der Waals surface area (Å²) in [5.41, 5.74) is -1.26. The first-order valence-electron chi connectivity index (χ1n) is 7.63. The zero-order valence-corrected chi connectivity index (χ0v) is 15.0. The van der Waals surface area contributed by atoms with Crippen LogP contribution in [0.2, 0.25) is 5.02 Å². The highest BCUT2D eigenvalue weighted by atomic mass is 35.5. The molecule has 0 saturated carbocycles. The van der Waals surface area contributed by atoms with Gasteiger partial charge in [0.25, 0.3) is 0 Å². The quantitative estimate of drug-likeness (QED) is 0.848. The molecule has 140 valence electrons. The van der Waals surface area contributed by atoms with E-state index in [4.69, 9.17) is 11.6 Å². The van der Waals surface area contributed by atoms with Crippen LogP contribution in [0.3, 0.4) is 0 Å². The summed E-state index contributed by atoms with van der Waals surface area (Å²) in [5.74, 6) is -0.0753. The Morgan fingerprint density at radius 1 is 1.32 bits per heavy atom. The van der Waals surface area contributed by atoms with Crippen LogP contribution in [-0.2, 0) is 21.0 Å². The third-order valence-electron chi connectivity index (χ3n) is 4.08. The van der Waals surface area contributed by atoms with Crippen molar-refractivity contribution >= 4 is 27.5 Å². The van der Waals surface area contributed by atoms with Gasteiger partial charge >= 0.3 is 6.18 Å². The number of alkyl halides is 3. The van der Waals surface area contributed by atoms with E-state index < -0.39 is 26.7 Å². The Labute approximate surface area is 149 Å². The highest BCUT2D eigenvalue weighted by Gasteiger charge is 2.40. The third kappa shape index (κ3) is 4.86. The Morgan fingerprint density at radius 2 is 1.92 bits per heavy atom. The molecule has 1 saturated heterocycles. The topological polar surface area (TPSA) is 66.5 Å². The Hall–Kier alpha value is -1.32. The molecule has 1 aromatic carbocycles. The molecule has 1 aliphatic heterocycles. The van der Waals surface area contributed by atoms with Gasteiger partial charge < -0.3 is 5.32 Å². The summed E-state index contributed by atoms with van der Waals surface area (Å²) >= 11 is 5.60. The number of benzene rings is 1. The highest BCUT2D eigenvalue weighted by Crippen LogP contribution is 2.37. The summed E-state index contributed by atoms with van der Waals surface area (Å²) in [6, 6.07) is 2.65. The van der Waals surface area contributed by atoms with E-state index >= 15 is 0 Å². The molecule has 0 aliphatic carbocycles. The molecule has 0 bridgehead atoms. The van der Waals surface area contributed by atoms with Crippen LogP contribution in [-0.4, -0.2) is 38.3 Å². The van der Waals surface area contributed by atoms with Gasteiger partial charge in [-0.1, -0.05) is 11.6 Å². The van der Waals surface area contributed by atoms with Gasteiger partial charge in [0.05, 0.1) is 10.5 Å². The minimum atomic E-state index is -4.82. The van der Waals surface area contributed by atoms with Crippen LogP contribution in [0.15, 0.2) is 23.1 Å². The number of hydrogen-bond donors (Lipinski definition) is 1. The maximum atomic E-state index is 13.2. The maximum Gasteiger partial charge on any atom is 0.417 e. The molecule has 0 aromatic heterocycles. The average molecular weight is 399 g/mol. The molecule has 10 heteroatoms. The first-order valence-corrected chi connectivity index (χ1v) is 9.45. The van der Waals surface area contributed by atoms with E-state index in [0.29, 0.717) is 25.5 Å². The van der Waals surface area contributed by atoms with Gasteiger partial charge in [0.1, 0.15) is 0 Å². The minimum absolute atomic E-state index is 0.0997. The molecule has 0 radical (unpaired) electrons. The number of hydrogen-bond acceptors (Lipinski definition) is 3. The molecule has 1 fully saturated rings. The fourth-order valence-corrected chi connectivity index (χ4v) is 4.56. The van der Waals surface area contributed by atoms with Gasteiger partial charge in [0, 0.05) is 31.6 Å². The fraction of sp³-hybridized carbons (Fsp3) is 0.533. The zero-order chi connectivity index (χ0) is 18.8. The van der Waals surface area contributed by atoms with Crippen LogP contribution in [0.25, 0.3) is 0 Å². The van der Waals surface area contributed by atoms with Crippen molar-refractivity contribution in [2.75, 3.05) is 19.6 Å². The van der Waals surface area contributed by atoms with Gasteiger partial charge in [-0.3, -0.25) is 4.79 Å². The zero-order valence-electron chi connectivity index (χ0n) is 13.4. The second kappa shape index (κ2) is 7.51. The largest absolute Gasteiger partial charge is 0.417 e. The number of carbonyl (C=O) groups excluding carboxylic acids is 1. The minimum Gasteiger partial charge on any atom is -0.356 e. The van der Waals surface area contributed by atoms with Gasteiger partial charge in [-0.05, 0) is 37.0 Å². The Bertz CT molecular complexity index is 745. The van der Waals surface area contributed by atoms with Gasteiger partial charge in [0.2, 0.25) is 15.9 Å². The molecule has 1 aliphatic rings. The van der Waals surface area contributed by atoms with Gasteiger partial charge in [-0.2, -0.15) is 17.5 Å². The van der Waals surface area contributed by atoms with Crippen molar-refractivity contribution in [3.05, 3.63) is 28.8 Å². The Kier molecular flexibility index (Phi) is 6.01. The lowest BCUT2D eigenvalue weighted by molar-refractivity contribution is -0.140. The standard InChI is InChI=1S/C15H18ClF3N2O3S/c1-10(22)20-9-11-4-6-21(7-5-11)25(23,24)14-3-2-12(16)8-13(14)15(17,18)19/h2-3,8,11H,4-7,9H2,1H3,(H,20,22). The van der Waals surface area contributed by atoms with Crippen LogP contribution < -0.4 is 5.32 Å². The number of rotatable bonds is 4. The van der Waals surface area contributed by atoms with E-state index in [1.54, 1.807) is 0 Å². The Balaban J connectivity index is 2.20. The molecule has 5 nitrogen and oxygen atoms in total. The highest BCUT2D eigenvalue weighted by molar-refractivity contribution is 7.89. The average Bonchev–Trinajstić information content (AvgIpc) is 2.52. The van der Waals surface area contributed by atoms with E-state index in [0.717, 1.165) is 16.4 Å². The molecule has 2 rings (SSSR count). The van der Waals surface area contributed by atoms with Gasteiger partial charge in [-0.15, -0.1) is 0 Å². The monoisotopic (exact) mass is 398 g/mol. The second-order valence-corrected chi connectivity index (χ2v) is 8.27. The fourth-order valence-electron chi connectivity index (χ4n) is 2.73. The van der Waals surface area contributed by atoms with E-state index in [1.807, 2.05) is 0 Å². The van der Waals surface area contributed by atoms with Crippen molar-refractivity contribution < 1.29 is 26.4 Å². The Morgan fingerprint density at radius 3 is 2.44 bits per heavy atom. The first kappa shape index (κ1) is 20.0. The third-order valence-corrected chi connectivity index (χ3v) is 6.27. The van der Waals surface area contributed by atoms with Crippen LogP contribution in [0, 0.1) is 5.92 Å². The number of halogens is 4. The lowest BCUT2D eigenvalue weighted by Gasteiger charge is -2.31. The van der Waals surface area contributed by atoms with Crippen LogP contribution in [0.5, 0.6) is 0 Å². The summed E-state index contributed by atoms with van der Waals surface area (Å²) < 4.78 is 65.9. The number of amides is 1. The molecule has 1 aromatic rings. The summed E-state index contributed by atoms with van der Waals surface area (Å²) in [5, 5.41) is 2.49. The number of piperidine rings is 1. The predicted molar refractivity (Wildman–Crippen MR) is 86.6 cm³/mol. The van der Waals surface area contributed by atoms with Gasteiger partial charge in [0.15, 0.2) is 0 Å². The van der Waals surface area contributed by atoms with Crippen molar-refractivity contribution in [2.45, 2.75) is 30.8 Å². The smallest absolute Gasteiger partial charge is 0.356 e. The predicted octanol–water partition coefficient (Wildman–Crippen LogP) is 2.90. The SMILES string of the molecule is CC(=O)NCC1CCN(S(=O)(=O)c2ccc(Cl)cc2C(F)(F)F)CC1. The molecular formula is C15H18ClF3N2O3S. The summed E-state index contributed by atoms with van der Waals surface area (Å²) in [6.45, 7) is 2.02. The molecule has 1 amide bonds. The lowest BCUT2D eigenvalue weighted by atomic mass is 9.98. The number of nitrogens with one attached hydrogen (secondary N) is 1. The molecule has 0 atom stereocenters. The molecular weight excluding hydrogens is 381 g/mol. The second-order valence-electron chi connectivity index (χ2n) is 5.92. The summed E-state index contributed by atoms with van der Waals surface area (Å²) in [7, 11) is -4.28. The van der Waals surface area contributed by atoms with Crippen molar-refractivity contribution in [3.8, 4) is 0 Å². The summed E-state index contributed by atoms with van der Waals surface area (Å²) in [6.07, 6.45) is -3.89. The summed E-state index contributed by atoms with van der Waals surface area (Å²) in [4.78, 5) is 10.1. The number of carbonyl (C=O) groups is 1. The van der Waals surface area contributed by atoms with E-state index in [2.05, 4.69) is 5.32 Å². The van der Waals surface area contributed by atoms with E-state index in [9.17, 15) is 26.4 Å². The van der Waals surface area contributed by atoms with Crippen molar-refractivity contribution in [3.63, 3.8) is 0 Å². The molecule has 0 unspecified atom stereocenters. The van der Waals surface area contributed by atoms with Gasteiger partial charge in [-0.25, -0.2) is 8.42 Å². The normalized spacial score (nSPS) is 17.5. The van der Waals surface area contributed by atoms with Crippen LogP contribution in [0.1, 0.15) is 25.3 Å². The molecule has 0 spiro atoms. The maximum absolute atomic E-state index is 13.2. The first-order chi connectivity index (χ1) is 11.5. The molecule has 1 N–H and O–H groups in total. The molecule has 25 heavy (non-hydrogen) atoms. The molecule has 1 heterocycles. The van der Waals surface area contributed by atoms with E-state index in [-0.39, 0.29) is 29.9 Å². The van der Waals surface area contributed by atoms with Crippen molar-refractivity contribution in [1.82, 2.24) is 9.62 Å². The van der Waals surface area contributed by atoms with Crippen LogP contribution >= 0.6 is 11.6 Å². The number of sulfonamides is 1.